The maximum absolute atomic E-state index is 14.7. The molecule has 212 valence electrons. The van der Waals surface area contributed by atoms with E-state index in [1.165, 1.54) is 77.0 Å². The molecule has 1 aromatic carbocycles. The second kappa shape index (κ2) is 15.2. The average molecular weight is 527 g/mol. The van der Waals surface area contributed by atoms with E-state index < -0.39 is 11.6 Å². The molecule has 3 saturated carbocycles. The fourth-order valence-corrected chi connectivity index (χ4v) is 7.77. The lowest BCUT2D eigenvalue weighted by Gasteiger charge is -2.38. The molecule has 0 aromatic heterocycles. The van der Waals surface area contributed by atoms with E-state index in [-0.39, 0.29) is 11.7 Å². The first-order chi connectivity index (χ1) is 18.6. The van der Waals surface area contributed by atoms with Crippen molar-refractivity contribution in [2.45, 2.75) is 122 Å². The predicted molar refractivity (Wildman–Crippen MR) is 156 cm³/mol. The number of hydrogen-bond acceptors (Lipinski definition) is 1. The Morgan fingerprint density at radius 1 is 0.737 bits per heavy atom. The van der Waals surface area contributed by atoms with Gasteiger partial charge in [0.05, 0.1) is 6.61 Å². The summed E-state index contributed by atoms with van der Waals surface area (Å²) in [6.07, 6.45) is 30.2. The summed E-state index contributed by atoms with van der Waals surface area (Å²) in [7, 11) is 0. The van der Waals surface area contributed by atoms with Crippen LogP contribution in [0.1, 0.15) is 128 Å². The zero-order chi connectivity index (χ0) is 26.7. The van der Waals surface area contributed by atoms with E-state index in [1.54, 1.807) is 19.1 Å². The topological polar surface area (TPSA) is 9.23 Å². The lowest BCUT2D eigenvalue weighted by Crippen LogP contribution is -2.25. The highest BCUT2D eigenvalue weighted by Gasteiger charge is 2.32. The van der Waals surface area contributed by atoms with Crippen molar-refractivity contribution >= 4 is 0 Å². The molecule has 0 amide bonds. The largest absolute Gasteiger partial charge is 0.491 e. The van der Waals surface area contributed by atoms with Crippen LogP contribution in [0.5, 0.6) is 5.75 Å². The summed E-state index contributed by atoms with van der Waals surface area (Å²) in [4.78, 5) is 0. The third-order valence-corrected chi connectivity index (χ3v) is 10.2. The van der Waals surface area contributed by atoms with E-state index >= 15 is 0 Å². The fraction of sp³-hybridized carbons (Fsp3) is 0.714. The number of rotatable bonds is 11. The van der Waals surface area contributed by atoms with Crippen LogP contribution in [-0.4, -0.2) is 6.61 Å². The zero-order valence-electron chi connectivity index (χ0n) is 24.1. The van der Waals surface area contributed by atoms with Crippen LogP contribution < -0.4 is 4.74 Å². The van der Waals surface area contributed by atoms with Crippen molar-refractivity contribution in [2.75, 3.05) is 6.61 Å². The third-order valence-electron chi connectivity index (χ3n) is 10.2. The molecule has 4 rings (SSSR count). The van der Waals surface area contributed by atoms with E-state index in [4.69, 9.17) is 4.74 Å². The molecule has 0 heterocycles. The smallest absolute Gasteiger partial charge is 0.200 e. The molecule has 0 bridgehead atoms. The Hall–Kier alpha value is -1.64. The Morgan fingerprint density at radius 3 is 1.92 bits per heavy atom. The quantitative estimate of drug-likeness (QED) is 0.261. The van der Waals surface area contributed by atoms with Crippen LogP contribution in [0.15, 0.2) is 36.4 Å². The van der Waals surface area contributed by atoms with Gasteiger partial charge in [0.15, 0.2) is 11.6 Å². The van der Waals surface area contributed by atoms with Crippen molar-refractivity contribution in [1.82, 2.24) is 0 Å². The van der Waals surface area contributed by atoms with Gasteiger partial charge in [-0.3, -0.25) is 0 Å². The van der Waals surface area contributed by atoms with Crippen molar-refractivity contribution in [3.8, 4) is 5.75 Å². The van der Waals surface area contributed by atoms with Gasteiger partial charge in [-0.25, -0.2) is 4.39 Å². The summed E-state index contributed by atoms with van der Waals surface area (Å²) in [5.41, 5.74) is 0.554. The molecule has 0 radical (unpaired) electrons. The zero-order valence-corrected chi connectivity index (χ0v) is 24.1. The van der Waals surface area contributed by atoms with E-state index in [0.717, 1.165) is 55.3 Å². The highest BCUT2D eigenvalue weighted by atomic mass is 19.2. The third kappa shape index (κ3) is 8.18. The molecule has 0 N–H and O–H groups in total. The Kier molecular flexibility index (Phi) is 11.8. The molecule has 0 unspecified atom stereocenters. The van der Waals surface area contributed by atoms with Crippen LogP contribution in [0.3, 0.4) is 0 Å². The summed E-state index contributed by atoms with van der Waals surface area (Å²) >= 11 is 0. The summed E-state index contributed by atoms with van der Waals surface area (Å²) in [6, 6.07) is 3.36. The Balaban J connectivity index is 1.11. The predicted octanol–water partition coefficient (Wildman–Crippen LogP) is 10.9. The summed E-state index contributed by atoms with van der Waals surface area (Å²) in [6.45, 7) is 4.26. The van der Waals surface area contributed by atoms with Crippen molar-refractivity contribution < 1.29 is 13.5 Å². The number of hydrogen-bond donors (Lipinski definition) is 0. The van der Waals surface area contributed by atoms with E-state index in [9.17, 15) is 8.78 Å². The Morgan fingerprint density at radius 2 is 1.32 bits per heavy atom. The van der Waals surface area contributed by atoms with Crippen LogP contribution in [-0.2, 0) is 0 Å². The van der Waals surface area contributed by atoms with Gasteiger partial charge in [-0.15, -0.1) is 0 Å². The van der Waals surface area contributed by atoms with Gasteiger partial charge >= 0.3 is 0 Å². The maximum Gasteiger partial charge on any atom is 0.200 e. The molecular formula is C35H52F2O. The van der Waals surface area contributed by atoms with Gasteiger partial charge in [-0.2, -0.15) is 4.39 Å². The maximum atomic E-state index is 14.7. The minimum absolute atomic E-state index is 0.0352. The van der Waals surface area contributed by atoms with Gasteiger partial charge in [0.1, 0.15) is 0 Å². The van der Waals surface area contributed by atoms with Gasteiger partial charge in [0, 0.05) is 0 Å². The molecule has 0 spiro atoms. The lowest BCUT2D eigenvalue weighted by molar-refractivity contribution is 0.156. The molecule has 1 nitrogen and oxygen atoms in total. The highest BCUT2D eigenvalue weighted by molar-refractivity contribution is 5.33. The van der Waals surface area contributed by atoms with Crippen LogP contribution in [0.4, 0.5) is 8.78 Å². The van der Waals surface area contributed by atoms with Crippen LogP contribution in [0, 0.1) is 41.2 Å². The molecule has 3 heteroatoms. The lowest BCUT2D eigenvalue weighted by atomic mass is 9.68. The second-order valence-electron chi connectivity index (χ2n) is 12.5. The number of ether oxygens (including phenoxy) is 1. The van der Waals surface area contributed by atoms with Gasteiger partial charge in [0.25, 0.3) is 0 Å². The normalized spacial score (nSPS) is 30.7. The summed E-state index contributed by atoms with van der Waals surface area (Å²) in [5, 5.41) is 0. The SMILES string of the molecule is C/C=C/CCC1CCC(/C=C/CCC2CCC(C3CCC(c4ccc(OCC)c(F)c4F)CC3)CC2)CC1. The van der Waals surface area contributed by atoms with Crippen molar-refractivity contribution in [2.24, 2.45) is 29.6 Å². The molecule has 3 aliphatic rings. The van der Waals surface area contributed by atoms with E-state index in [0.29, 0.717) is 12.2 Å². The summed E-state index contributed by atoms with van der Waals surface area (Å²) in [5.74, 6) is 2.97. The average Bonchev–Trinajstić information content (AvgIpc) is 2.95. The first-order valence-electron chi connectivity index (χ1n) is 16.0. The second-order valence-corrected chi connectivity index (χ2v) is 12.5. The number of halogens is 2. The molecule has 38 heavy (non-hydrogen) atoms. The van der Waals surface area contributed by atoms with Crippen LogP contribution in [0.2, 0.25) is 0 Å². The van der Waals surface area contributed by atoms with Gasteiger partial charge in [-0.05, 0) is 151 Å². The van der Waals surface area contributed by atoms with Crippen LogP contribution in [0.25, 0.3) is 0 Å². The first kappa shape index (κ1) is 29.3. The van der Waals surface area contributed by atoms with Crippen LogP contribution >= 0.6 is 0 Å². The monoisotopic (exact) mass is 526 g/mol. The fourth-order valence-electron chi connectivity index (χ4n) is 7.77. The van der Waals surface area contributed by atoms with Gasteiger partial charge in [-0.1, -0.05) is 43.2 Å². The Bertz CT molecular complexity index is 881. The van der Waals surface area contributed by atoms with E-state index in [1.807, 2.05) is 0 Å². The molecule has 0 saturated heterocycles. The molecule has 3 fully saturated rings. The standard InChI is InChI=1S/C35H52F2O/c1-3-5-6-9-26-12-14-27(15-13-26)10-7-8-11-28-16-18-29(19-17-28)30-20-22-31(23-21-30)32-24-25-33(38-4-2)35(37)34(32)36/h3,5,7,10,24-31H,4,6,8-9,11-23H2,1-2H3/b5-3+,10-7+. The van der Waals surface area contributed by atoms with Crippen molar-refractivity contribution in [3.05, 3.63) is 53.6 Å². The van der Waals surface area contributed by atoms with Crippen molar-refractivity contribution in [1.29, 1.82) is 0 Å². The molecule has 0 atom stereocenters. The van der Waals surface area contributed by atoms with Gasteiger partial charge in [0.2, 0.25) is 5.82 Å². The highest BCUT2D eigenvalue weighted by Crippen LogP contribution is 2.45. The minimum Gasteiger partial charge on any atom is -0.491 e. The Labute approximate surface area is 231 Å². The van der Waals surface area contributed by atoms with Gasteiger partial charge < -0.3 is 4.74 Å². The molecule has 3 aliphatic carbocycles. The van der Waals surface area contributed by atoms with E-state index in [2.05, 4.69) is 31.2 Å². The summed E-state index contributed by atoms with van der Waals surface area (Å²) < 4.78 is 34.3. The molecular weight excluding hydrogens is 474 g/mol. The molecule has 0 aliphatic heterocycles. The minimum atomic E-state index is -0.817. The molecule has 1 aromatic rings. The number of allylic oxidation sites excluding steroid dienone is 4. The van der Waals surface area contributed by atoms with Crippen molar-refractivity contribution in [3.63, 3.8) is 0 Å². The number of benzene rings is 1. The first-order valence-corrected chi connectivity index (χ1v) is 16.0.